The number of carbonyl (C=O) groups excluding carboxylic acids is 1. The van der Waals surface area contributed by atoms with Crippen molar-refractivity contribution < 1.29 is 9.53 Å². The second-order valence-electron chi connectivity index (χ2n) is 5.69. The fourth-order valence-electron chi connectivity index (χ4n) is 2.54. The number of hydrogen-bond acceptors (Lipinski definition) is 3. The van der Waals surface area contributed by atoms with Crippen LogP contribution in [0.3, 0.4) is 0 Å². The lowest BCUT2D eigenvalue weighted by molar-refractivity contribution is -0.133. The number of nitrogens with zero attached hydrogens (tertiary/aromatic N) is 3. The molecule has 0 fully saturated rings. The molecule has 0 spiro atoms. The molecule has 0 saturated carbocycles. The van der Waals surface area contributed by atoms with E-state index >= 15 is 0 Å². The molecule has 0 radical (unpaired) electrons. The molecule has 0 bridgehead atoms. The first-order valence-electron chi connectivity index (χ1n) is 8.05. The fraction of sp³-hybridized carbons (Fsp3) is 0.263. The fourth-order valence-corrected chi connectivity index (χ4v) is 2.54. The SMILES string of the molecule is CCN(Cc1cnc2ccccn12)C(=O)COc1ccc(C)cc1. The van der Waals surface area contributed by atoms with Crippen LogP contribution in [0.5, 0.6) is 5.75 Å². The topological polar surface area (TPSA) is 46.8 Å². The van der Waals surface area contributed by atoms with Gasteiger partial charge in [0.1, 0.15) is 11.4 Å². The van der Waals surface area contributed by atoms with Crippen LogP contribution in [-0.2, 0) is 11.3 Å². The maximum absolute atomic E-state index is 12.4. The molecule has 0 atom stereocenters. The number of hydrogen-bond donors (Lipinski definition) is 0. The van der Waals surface area contributed by atoms with Gasteiger partial charge in [-0.25, -0.2) is 4.98 Å². The van der Waals surface area contributed by atoms with E-state index in [1.54, 1.807) is 4.90 Å². The average molecular weight is 323 g/mol. The van der Waals surface area contributed by atoms with Gasteiger partial charge in [-0.3, -0.25) is 4.79 Å². The molecule has 0 aliphatic carbocycles. The molecule has 0 N–H and O–H groups in total. The zero-order valence-electron chi connectivity index (χ0n) is 14.0. The summed E-state index contributed by atoms with van der Waals surface area (Å²) in [5, 5.41) is 0. The molecule has 5 nitrogen and oxygen atoms in total. The number of carbonyl (C=O) groups is 1. The summed E-state index contributed by atoms with van der Waals surface area (Å²) in [5.41, 5.74) is 3.03. The zero-order valence-corrected chi connectivity index (χ0v) is 14.0. The molecule has 5 heteroatoms. The normalized spacial score (nSPS) is 10.8. The van der Waals surface area contributed by atoms with E-state index in [-0.39, 0.29) is 12.5 Å². The van der Waals surface area contributed by atoms with Gasteiger partial charge in [-0.15, -0.1) is 0 Å². The van der Waals surface area contributed by atoms with Crippen molar-refractivity contribution in [3.8, 4) is 5.75 Å². The number of aromatic nitrogens is 2. The van der Waals surface area contributed by atoms with Crippen molar-refractivity contribution in [2.45, 2.75) is 20.4 Å². The van der Waals surface area contributed by atoms with Crippen LogP contribution in [0.2, 0.25) is 0 Å². The molecule has 124 valence electrons. The standard InChI is InChI=1S/C19H21N3O2/c1-3-21(13-16-12-20-18-6-4-5-11-22(16)18)19(23)14-24-17-9-7-15(2)8-10-17/h4-12H,3,13-14H2,1-2H3. The van der Waals surface area contributed by atoms with Crippen LogP contribution in [0, 0.1) is 6.92 Å². The Balaban J connectivity index is 1.64. The number of imidazole rings is 1. The minimum atomic E-state index is -0.0380. The molecule has 0 aliphatic heterocycles. The first kappa shape index (κ1) is 16.1. The Hall–Kier alpha value is -2.82. The molecule has 2 aromatic heterocycles. The first-order valence-corrected chi connectivity index (χ1v) is 8.05. The predicted octanol–water partition coefficient (Wildman–Crippen LogP) is 3.07. The molecular weight excluding hydrogens is 302 g/mol. The molecule has 3 aromatic rings. The molecule has 0 unspecified atom stereocenters. The largest absolute Gasteiger partial charge is 0.484 e. The maximum atomic E-state index is 12.4. The van der Waals surface area contributed by atoms with Crippen molar-refractivity contribution >= 4 is 11.6 Å². The highest BCUT2D eigenvalue weighted by Crippen LogP contribution is 2.13. The summed E-state index contributed by atoms with van der Waals surface area (Å²) in [6.45, 7) is 5.15. The van der Waals surface area contributed by atoms with Crippen LogP contribution in [0.15, 0.2) is 54.9 Å². The number of benzene rings is 1. The van der Waals surface area contributed by atoms with Gasteiger partial charge in [0.25, 0.3) is 5.91 Å². The quantitative estimate of drug-likeness (QED) is 0.700. The third-order valence-corrected chi connectivity index (χ3v) is 3.96. The van der Waals surface area contributed by atoms with Gasteiger partial charge in [-0.1, -0.05) is 23.8 Å². The van der Waals surface area contributed by atoms with E-state index in [1.165, 1.54) is 0 Å². The van der Waals surface area contributed by atoms with Gasteiger partial charge in [0.05, 0.1) is 18.4 Å². The van der Waals surface area contributed by atoms with E-state index in [4.69, 9.17) is 4.74 Å². The van der Waals surface area contributed by atoms with Gasteiger partial charge in [-0.2, -0.15) is 0 Å². The molecule has 1 aromatic carbocycles. The maximum Gasteiger partial charge on any atom is 0.260 e. The minimum absolute atomic E-state index is 0.0354. The van der Waals surface area contributed by atoms with E-state index in [9.17, 15) is 4.79 Å². The predicted molar refractivity (Wildman–Crippen MR) is 93.0 cm³/mol. The van der Waals surface area contributed by atoms with Gasteiger partial charge in [-0.05, 0) is 38.1 Å². The number of rotatable bonds is 6. The van der Waals surface area contributed by atoms with E-state index < -0.39 is 0 Å². The van der Waals surface area contributed by atoms with E-state index in [0.717, 1.165) is 16.9 Å². The Bertz CT molecular complexity index is 824. The number of ether oxygens (including phenoxy) is 1. The molecule has 1 amide bonds. The number of pyridine rings is 1. The average Bonchev–Trinajstić information content (AvgIpc) is 3.02. The summed E-state index contributed by atoms with van der Waals surface area (Å²) >= 11 is 0. The van der Waals surface area contributed by atoms with Crippen LogP contribution in [0.4, 0.5) is 0 Å². The first-order chi connectivity index (χ1) is 11.7. The van der Waals surface area contributed by atoms with Crippen molar-refractivity contribution in [3.63, 3.8) is 0 Å². The Kier molecular flexibility index (Phi) is 4.79. The molecular formula is C19H21N3O2. The van der Waals surface area contributed by atoms with Gasteiger partial charge in [0.15, 0.2) is 6.61 Å². The van der Waals surface area contributed by atoms with Gasteiger partial charge < -0.3 is 14.0 Å². The molecule has 0 aliphatic rings. The number of fused-ring (bicyclic) bond motifs is 1. The second kappa shape index (κ2) is 7.17. The van der Waals surface area contributed by atoms with E-state index in [2.05, 4.69) is 4.98 Å². The van der Waals surface area contributed by atoms with Crippen LogP contribution in [0.1, 0.15) is 18.2 Å². The van der Waals surface area contributed by atoms with Gasteiger partial charge >= 0.3 is 0 Å². The zero-order chi connectivity index (χ0) is 16.9. The lowest BCUT2D eigenvalue weighted by atomic mass is 10.2. The Labute approximate surface area is 141 Å². The van der Waals surface area contributed by atoms with E-state index in [1.807, 2.05) is 73.1 Å². The van der Waals surface area contributed by atoms with Gasteiger partial charge in [0, 0.05) is 12.7 Å². The smallest absolute Gasteiger partial charge is 0.260 e. The van der Waals surface area contributed by atoms with Crippen LogP contribution >= 0.6 is 0 Å². The third kappa shape index (κ3) is 3.56. The van der Waals surface area contributed by atoms with Crippen LogP contribution in [-0.4, -0.2) is 33.3 Å². The van der Waals surface area contributed by atoms with Crippen molar-refractivity contribution in [1.29, 1.82) is 0 Å². The minimum Gasteiger partial charge on any atom is -0.484 e. The second-order valence-corrected chi connectivity index (χ2v) is 5.69. The molecule has 24 heavy (non-hydrogen) atoms. The van der Waals surface area contributed by atoms with Crippen molar-refractivity contribution in [2.75, 3.05) is 13.2 Å². The molecule has 0 saturated heterocycles. The van der Waals surface area contributed by atoms with Gasteiger partial charge in [0.2, 0.25) is 0 Å². The highest BCUT2D eigenvalue weighted by Gasteiger charge is 2.15. The van der Waals surface area contributed by atoms with Crippen molar-refractivity contribution in [1.82, 2.24) is 14.3 Å². The summed E-state index contributed by atoms with van der Waals surface area (Å²) in [6, 6.07) is 13.5. The summed E-state index contributed by atoms with van der Waals surface area (Å²) in [7, 11) is 0. The van der Waals surface area contributed by atoms with Crippen molar-refractivity contribution in [2.24, 2.45) is 0 Å². The summed E-state index contributed by atoms with van der Waals surface area (Å²) in [4.78, 5) is 18.6. The Morgan fingerprint density at radius 2 is 2.00 bits per heavy atom. The number of amides is 1. The number of likely N-dealkylation sites (N-methyl/N-ethyl adjacent to an activating group) is 1. The lowest BCUT2D eigenvalue weighted by Gasteiger charge is -2.20. The van der Waals surface area contributed by atoms with Crippen LogP contribution in [0.25, 0.3) is 5.65 Å². The third-order valence-electron chi connectivity index (χ3n) is 3.96. The highest BCUT2D eigenvalue weighted by atomic mass is 16.5. The monoisotopic (exact) mass is 323 g/mol. The molecule has 3 rings (SSSR count). The van der Waals surface area contributed by atoms with Crippen molar-refractivity contribution in [3.05, 3.63) is 66.1 Å². The molecule has 2 heterocycles. The summed E-state index contributed by atoms with van der Waals surface area (Å²) < 4.78 is 7.60. The highest BCUT2D eigenvalue weighted by molar-refractivity contribution is 5.77. The summed E-state index contributed by atoms with van der Waals surface area (Å²) in [5.74, 6) is 0.670. The van der Waals surface area contributed by atoms with Crippen LogP contribution < -0.4 is 4.74 Å². The lowest BCUT2D eigenvalue weighted by Crippen LogP contribution is -2.34. The summed E-state index contributed by atoms with van der Waals surface area (Å²) in [6.07, 6.45) is 3.77. The Morgan fingerprint density at radius 3 is 2.75 bits per heavy atom. The number of aryl methyl sites for hydroxylation is 1. The Morgan fingerprint density at radius 1 is 1.21 bits per heavy atom. The van der Waals surface area contributed by atoms with E-state index in [0.29, 0.717) is 18.8 Å².